The van der Waals surface area contributed by atoms with Crippen LogP contribution in [0.25, 0.3) is 0 Å². The van der Waals surface area contributed by atoms with Gasteiger partial charge in [-0.25, -0.2) is 5.43 Å². The number of aryl methyl sites for hydroxylation is 1. The van der Waals surface area contributed by atoms with Crippen molar-refractivity contribution in [2.24, 2.45) is 5.10 Å². The first kappa shape index (κ1) is 19.6. The van der Waals surface area contributed by atoms with E-state index in [0.29, 0.717) is 40.0 Å². The van der Waals surface area contributed by atoms with E-state index in [4.69, 9.17) is 25.8 Å². The van der Waals surface area contributed by atoms with Gasteiger partial charge in [-0.2, -0.15) is 5.10 Å². The lowest BCUT2D eigenvalue weighted by Gasteiger charge is -2.11. The Hall–Kier alpha value is -2.73. The van der Waals surface area contributed by atoms with Gasteiger partial charge in [0.2, 0.25) is 0 Å². The van der Waals surface area contributed by atoms with Crippen LogP contribution in [0.5, 0.6) is 17.2 Å². The fourth-order valence-corrected chi connectivity index (χ4v) is 2.63. The zero-order valence-corrected chi connectivity index (χ0v) is 15.9. The monoisotopic (exact) mass is 376 g/mol. The van der Waals surface area contributed by atoms with Gasteiger partial charge in [-0.15, -0.1) is 0 Å². The molecule has 0 aliphatic carbocycles. The van der Waals surface area contributed by atoms with E-state index in [1.165, 1.54) is 20.4 Å². The smallest absolute Gasteiger partial charge is 0.275 e. The minimum absolute atomic E-state index is 0.372. The Balaban J connectivity index is 2.17. The molecule has 0 heterocycles. The summed E-state index contributed by atoms with van der Waals surface area (Å²) in [5.74, 6) is 1.08. The van der Waals surface area contributed by atoms with Gasteiger partial charge in [0.1, 0.15) is 5.75 Å². The van der Waals surface area contributed by atoms with E-state index in [0.717, 1.165) is 5.56 Å². The molecule has 1 amide bonds. The van der Waals surface area contributed by atoms with E-state index in [9.17, 15) is 4.79 Å². The molecule has 0 aliphatic heterocycles. The second-order valence-electron chi connectivity index (χ2n) is 5.37. The minimum atomic E-state index is -0.372. The van der Waals surface area contributed by atoms with Gasteiger partial charge in [-0.05, 0) is 49.2 Å². The summed E-state index contributed by atoms with van der Waals surface area (Å²) < 4.78 is 16.0. The van der Waals surface area contributed by atoms with Crippen molar-refractivity contribution in [1.29, 1.82) is 0 Å². The van der Waals surface area contributed by atoms with Gasteiger partial charge in [0.25, 0.3) is 5.91 Å². The second kappa shape index (κ2) is 9.10. The van der Waals surface area contributed by atoms with Gasteiger partial charge in [-0.1, -0.05) is 17.7 Å². The third-order valence-electron chi connectivity index (χ3n) is 3.52. The topological polar surface area (TPSA) is 69.2 Å². The van der Waals surface area contributed by atoms with E-state index >= 15 is 0 Å². The molecule has 0 aromatic heterocycles. The highest BCUT2D eigenvalue weighted by Gasteiger charge is 2.12. The molecule has 7 heteroatoms. The number of methoxy groups -OCH3 is 2. The fourth-order valence-electron chi connectivity index (χ4n) is 2.34. The minimum Gasteiger partial charge on any atom is -0.496 e. The van der Waals surface area contributed by atoms with Crippen LogP contribution in [-0.2, 0) is 0 Å². The molecule has 2 aromatic rings. The summed E-state index contributed by atoms with van der Waals surface area (Å²) in [6, 6.07) is 8.72. The molecule has 0 bridgehead atoms. The van der Waals surface area contributed by atoms with Crippen LogP contribution in [0.2, 0.25) is 5.02 Å². The van der Waals surface area contributed by atoms with Crippen molar-refractivity contribution in [2.75, 3.05) is 20.8 Å². The van der Waals surface area contributed by atoms with Gasteiger partial charge in [-0.3, -0.25) is 4.79 Å². The van der Waals surface area contributed by atoms with Crippen molar-refractivity contribution in [1.82, 2.24) is 5.43 Å². The van der Waals surface area contributed by atoms with Gasteiger partial charge in [0.05, 0.1) is 37.6 Å². The molecule has 0 saturated carbocycles. The molecule has 0 radical (unpaired) electrons. The molecular weight excluding hydrogens is 356 g/mol. The third kappa shape index (κ3) is 4.67. The summed E-state index contributed by atoms with van der Waals surface area (Å²) in [6.07, 6.45) is 1.48. The van der Waals surface area contributed by atoms with E-state index in [-0.39, 0.29) is 5.91 Å². The Morgan fingerprint density at radius 3 is 2.62 bits per heavy atom. The molecule has 0 unspecified atom stereocenters. The summed E-state index contributed by atoms with van der Waals surface area (Å²) >= 11 is 6.19. The molecule has 1 N–H and O–H groups in total. The molecule has 0 fully saturated rings. The lowest BCUT2D eigenvalue weighted by Crippen LogP contribution is -2.18. The van der Waals surface area contributed by atoms with Gasteiger partial charge >= 0.3 is 0 Å². The predicted molar refractivity (Wildman–Crippen MR) is 102 cm³/mol. The number of hydrogen-bond acceptors (Lipinski definition) is 5. The molecular formula is C19H21ClN2O4. The predicted octanol–water partition coefficient (Wildman–Crippen LogP) is 3.83. The first-order valence-corrected chi connectivity index (χ1v) is 8.36. The molecule has 138 valence electrons. The van der Waals surface area contributed by atoms with Crippen LogP contribution >= 0.6 is 11.6 Å². The molecule has 0 aliphatic rings. The van der Waals surface area contributed by atoms with Crippen LogP contribution in [-0.4, -0.2) is 32.9 Å². The number of rotatable bonds is 7. The number of hydrazone groups is 1. The number of nitrogens with zero attached hydrogens (tertiary/aromatic N) is 1. The number of nitrogens with one attached hydrogen (secondary N) is 1. The van der Waals surface area contributed by atoms with Crippen molar-refractivity contribution in [3.05, 3.63) is 52.0 Å². The number of halogens is 1. The molecule has 26 heavy (non-hydrogen) atoms. The maximum Gasteiger partial charge on any atom is 0.275 e. The van der Waals surface area contributed by atoms with Crippen LogP contribution in [0.4, 0.5) is 0 Å². The van der Waals surface area contributed by atoms with Crippen molar-refractivity contribution in [3.8, 4) is 17.2 Å². The maximum absolute atomic E-state index is 12.3. The van der Waals surface area contributed by atoms with Crippen LogP contribution in [0.15, 0.2) is 35.4 Å². The van der Waals surface area contributed by atoms with Gasteiger partial charge in [0.15, 0.2) is 11.5 Å². The lowest BCUT2D eigenvalue weighted by atomic mass is 10.1. The quantitative estimate of drug-likeness (QED) is 0.589. The maximum atomic E-state index is 12.3. The number of amides is 1. The zero-order chi connectivity index (χ0) is 19.1. The number of carbonyl (C=O) groups is 1. The largest absolute Gasteiger partial charge is 0.496 e. The van der Waals surface area contributed by atoms with Crippen LogP contribution in [0.1, 0.15) is 28.4 Å². The molecule has 0 spiro atoms. The normalized spacial score (nSPS) is 10.7. The van der Waals surface area contributed by atoms with E-state index < -0.39 is 0 Å². The molecule has 2 rings (SSSR count). The zero-order valence-electron chi connectivity index (χ0n) is 15.1. The Labute approximate surface area is 157 Å². The van der Waals surface area contributed by atoms with E-state index in [2.05, 4.69) is 10.5 Å². The van der Waals surface area contributed by atoms with Gasteiger partial charge in [0, 0.05) is 0 Å². The first-order chi connectivity index (χ1) is 12.5. The summed E-state index contributed by atoms with van der Waals surface area (Å²) in [5, 5.41) is 4.37. The van der Waals surface area contributed by atoms with Crippen molar-refractivity contribution >= 4 is 23.7 Å². The Morgan fingerprint density at radius 1 is 1.19 bits per heavy atom. The first-order valence-electron chi connectivity index (χ1n) is 7.98. The highest BCUT2D eigenvalue weighted by molar-refractivity contribution is 6.32. The third-order valence-corrected chi connectivity index (χ3v) is 3.80. The SMILES string of the molecule is CCOc1cc(/C=N\NC(=O)c2ccc(C)cc2OC)cc(Cl)c1OC. The lowest BCUT2D eigenvalue weighted by molar-refractivity contribution is 0.0952. The Morgan fingerprint density at radius 2 is 1.96 bits per heavy atom. The highest BCUT2D eigenvalue weighted by Crippen LogP contribution is 2.35. The number of carbonyl (C=O) groups excluding carboxylic acids is 1. The standard InChI is InChI=1S/C19H21ClN2O4/c1-5-26-17-10-13(9-15(20)18(17)25-4)11-21-22-19(23)14-7-6-12(2)8-16(14)24-3/h6-11H,5H2,1-4H3,(H,22,23)/b21-11-. The number of benzene rings is 2. The van der Waals surface area contributed by atoms with Crippen molar-refractivity contribution < 1.29 is 19.0 Å². The van der Waals surface area contributed by atoms with Crippen LogP contribution in [0.3, 0.4) is 0 Å². The second-order valence-corrected chi connectivity index (χ2v) is 5.78. The summed E-state index contributed by atoms with van der Waals surface area (Å²) in [5.41, 5.74) is 4.54. The number of ether oxygens (including phenoxy) is 3. The van der Waals surface area contributed by atoms with E-state index in [1.807, 2.05) is 19.9 Å². The molecule has 0 saturated heterocycles. The molecule has 6 nitrogen and oxygen atoms in total. The molecule has 2 aromatic carbocycles. The fraction of sp³-hybridized carbons (Fsp3) is 0.263. The van der Waals surface area contributed by atoms with Crippen molar-refractivity contribution in [3.63, 3.8) is 0 Å². The van der Waals surface area contributed by atoms with Crippen LogP contribution < -0.4 is 19.6 Å². The van der Waals surface area contributed by atoms with E-state index in [1.54, 1.807) is 24.3 Å². The van der Waals surface area contributed by atoms with Crippen molar-refractivity contribution in [2.45, 2.75) is 13.8 Å². The molecule has 0 atom stereocenters. The Kier molecular flexibility index (Phi) is 6.86. The summed E-state index contributed by atoms with van der Waals surface area (Å²) in [4.78, 5) is 12.3. The summed E-state index contributed by atoms with van der Waals surface area (Å²) in [7, 11) is 3.04. The van der Waals surface area contributed by atoms with Crippen LogP contribution in [0, 0.1) is 6.92 Å². The average Bonchev–Trinajstić information content (AvgIpc) is 2.61. The average molecular weight is 377 g/mol. The number of hydrogen-bond donors (Lipinski definition) is 1. The summed E-state index contributed by atoms with van der Waals surface area (Å²) in [6.45, 7) is 4.26. The highest BCUT2D eigenvalue weighted by atomic mass is 35.5. The van der Waals surface area contributed by atoms with Gasteiger partial charge < -0.3 is 14.2 Å². The Bertz CT molecular complexity index is 821.